The first-order valence-electron chi connectivity index (χ1n) is 11.4. The SMILES string of the molecule is COc1cc(OC)cc(C(=O)NC(=S)Nc2ccc(N3CCN(C(=O)CC(C)C)CC3)c(Cl)c2)c1. The highest BCUT2D eigenvalue weighted by atomic mass is 35.5. The van der Waals surface area contributed by atoms with Crippen molar-refractivity contribution in [1.29, 1.82) is 0 Å². The summed E-state index contributed by atoms with van der Waals surface area (Å²) in [6.07, 6.45) is 0.572. The number of amides is 2. The number of piperazine rings is 1. The monoisotopic (exact) mass is 518 g/mol. The second kappa shape index (κ2) is 12.1. The summed E-state index contributed by atoms with van der Waals surface area (Å²) in [5.74, 6) is 1.16. The molecular formula is C25H31ClN4O4S. The summed E-state index contributed by atoms with van der Waals surface area (Å²) in [6, 6.07) is 10.4. The molecule has 1 saturated heterocycles. The van der Waals surface area contributed by atoms with E-state index in [1.54, 1.807) is 24.3 Å². The minimum atomic E-state index is -0.396. The lowest BCUT2D eigenvalue weighted by Gasteiger charge is -2.37. The molecule has 35 heavy (non-hydrogen) atoms. The Bertz CT molecular complexity index is 1060. The Kier molecular flexibility index (Phi) is 9.17. The van der Waals surface area contributed by atoms with Gasteiger partial charge in [-0.2, -0.15) is 0 Å². The summed E-state index contributed by atoms with van der Waals surface area (Å²) >= 11 is 11.9. The van der Waals surface area contributed by atoms with E-state index in [4.69, 9.17) is 33.3 Å². The van der Waals surface area contributed by atoms with Crippen LogP contribution in [0.1, 0.15) is 30.6 Å². The Morgan fingerprint density at radius 3 is 2.20 bits per heavy atom. The molecule has 2 aromatic rings. The van der Waals surface area contributed by atoms with Gasteiger partial charge in [0.2, 0.25) is 5.91 Å². The van der Waals surface area contributed by atoms with Crippen LogP contribution in [0, 0.1) is 5.92 Å². The first-order chi connectivity index (χ1) is 16.7. The smallest absolute Gasteiger partial charge is 0.257 e. The molecule has 0 spiro atoms. The molecular weight excluding hydrogens is 488 g/mol. The van der Waals surface area contributed by atoms with Crippen LogP contribution < -0.4 is 25.0 Å². The van der Waals surface area contributed by atoms with Crippen molar-refractivity contribution in [2.75, 3.05) is 50.6 Å². The van der Waals surface area contributed by atoms with Crippen LogP contribution in [0.2, 0.25) is 5.02 Å². The third kappa shape index (κ3) is 7.22. The van der Waals surface area contributed by atoms with E-state index in [9.17, 15) is 9.59 Å². The van der Waals surface area contributed by atoms with Crippen molar-refractivity contribution < 1.29 is 19.1 Å². The molecule has 0 bridgehead atoms. The highest BCUT2D eigenvalue weighted by Gasteiger charge is 2.23. The number of thiocarbonyl (C=S) groups is 1. The predicted molar refractivity (Wildman–Crippen MR) is 143 cm³/mol. The summed E-state index contributed by atoms with van der Waals surface area (Å²) in [5.41, 5.74) is 1.90. The molecule has 0 aliphatic carbocycles. The van der Waals surface area contributed by atoms with Crippen molar-refractivity contribution >= 4 is 52.1 Å². The van der Waals surface area contributed by atoms with Crippen LogP contribution in [-0.2, 0) is 4.79 Å². The number of ether oxygens (including phenoxy) is 2. The minimum absolute atomic E-state index is 0.137. The van der Waals surface area contributed by atoms with E-state index in [0.717, 1.165) is 18.8 Å². The van der Waals surface area contributed by atoms with Crippen LogP contribution in [-0.4, -0.2) is 62.2 Å². The van der Waals surface area contributed by atoms with Crippen molar-refractivity contribution in [1.82, 2.24) is 10.2 Å². The quantitative estimate of drug-likeness (QED) is 0.532. The topological polar surface area (TPSA) is 83.1 Å². The lowest BCUT2D eigenvalue weighted by molar-refractivity contribution is -0.132. The second-order valence-corrected chi connectivity index (χ2v) is 9.46. The standard InChI is InChI=1S/C25H31ClN4O4S/c1-16(2)11-23(31)30-9-7-29(8-10-30)22-6-5-18(14-21(22)26)27-25(35)28-24(32)17-12-19(33-3)15-20(13-17)34-4/h5-6,12-16H,7-11H2,1-4H3,(H2,27,28,32,35). The predicted octanol–water partition coefficient (Wildman–Crippen LogP) is 4.18. The molecule has 3 rings (SSSR count). The van der Waals surface area contributed by atoms with Gasteiger partial charge in [-0.1, -0.05) is 25.4 Å². The molecule has 2 amide bonds. The summed E-state index contributed by atoms with van der Waals surface area (Å²) in [7, 11) is 3.03. The zero-order valence-corrected chi connectivity index (χ0v) is 22.0. The van der Waals surface area contributed by atoms with Gasteiger partial charge in [0.1, 0.15) is 11.5 Å². The van der Waals surface area contributed by atoms with Crippen molar-refractivity contribution in [2.45, 2.75) is 20.3 Å². The van der Waals surface area contributed by atoms with Crippen LogP contribution in [0.5, 0.6) is 11.5 Å². The molecule has 1 aliphatic heterocycles. The highest BCUT2D eigenvalue weighted by Crippen LogP contribution is 2.30. The number of anilines is 2. The Morgan fingerprint density at radius 1 is 1.03 bits per heavy atom. The maximum absolute atomic E-state index is 12.6. The first-order valence-corrected chi connectivity index (χ1v) is 12.2. The largest absolute Gasteiger partial charge is 0.497 e. The molecule has 1 heterocycles. The maximum atomic E-state index is 12.6. The number of methoxy groups -OCH3 is 2. The van der Waals surface area contributed by atoms with Gasteiger partial charge in [0, 0.05) is 49.9 Å². The van der Waals surface area contributed by atoms with Gasteiger partial charge in [0.25, 0.3) is 5.91 Å². The van der Waals surface area contributed by atoms with Crippen molar-refractivity contribution in [3.8, 4) is 11.5 Å². The molecule has 0 radical (unpaired) electrons. The third-order valence-electron chi connectivity index (χ3n) is 5.60. The molecule has 10 heteroatoms. The number of carbonyl (C=O) groups is 2. The fourth-order valence-corrected chi connectivity index (χ4v) is 4.30. The molecule has 2 aromatic carbocycles. The number of nitrogens with one attached hydrogen (secondary N) is 2. The molecule has 0 unspecified atom stereocenters. The zero-order chi connectivity index (χ0) is 25.5. The number of hydrogen-bond donors (Lipinski definition) is 2. The molecule has 8 nitrogen and oxygen atoms in total. The van der Waals surface area contributed by atoms with Gasteiger partial charge < -0.3 is 24.6 Å². The van der Waals surface area contributed by atoms with E-state index in [0.29, 0.717) is 53.2 Å². The maximum Gasteiger partial charge on any atom is 0.257 e. The van der Waals surface area contributed by atoms with E-state index < -0.39 is 5.91 Å². The lowest BCUT2D eigenvalue weighted by Crippen LogP contribution is -2.49. The van der Waals surface area contributed by atoms with E-state index in [2.05, 4.69) is 29.4 Å². The van der Waals surface area contributed by atoms with Gasteiger partial charge in [-0.05, 0) is 48.5 Å². The molecule has 1 fully saturated rings. The fourth-order valence-electron chi connectivity index (χ4n) is 3.79. The molecule has 0 aromatic heterocycles. The average Bonchev–Trinajstić information content (AvgIpc) is 2.83. The average molecular weight is 519 g/mol. The molecule has 1 aliphatic rings. The van der Waals surface area contributed by atoms with Crippen LogP contribution in [0.4, 0.5) is 11.4 Å². The van der Waals surface area contributed by atoms with Gasteiger partial charge >= 0.3 is 0 Å². The second-order valence-electron chi connectivity index (χ2n) is 8.64. The van der Waals surface area contributed by atoms with Crippen LogP contribution in [0.15, 0.2) is 36.4 Å². The number of carbonyl (C=O) groups excluding carboxylic acids is 2. The fraction of sp³-hybridized carbons (Fsp3) is 0.400. The highest BCUT2D eigenvalue weighted by molar-refractivity contribution is 7.80. The van der Waals surface area contributed by atoms with Gasteiger partial charge in [0.15, 0.2) is 5.11 Å². The summed E-state index contributed by atoms with van der Waals surface area (Å²) in [4.78, 5) is 29.0. The number of rotatable bonds is 7. The van der Waals surface area contributed by atoms with Gasteiger partial charge in [0.05, 0.1) is 24.9 Å². The van der Waals surface area contributed by atoms with E-state index >= 15 is 0 Å². The van der Waals surface area contributed by atoms with Crippen LogP contribution in [0.3, 0.4) is 0 Å². The molecule has 0 atom stereocenters. The van der Waals surface area contributed by atoms with E-state index in [1.165, 1.54) is 14.2 Å². The van der Waals surface area contributed by atoms with Crippen molar-refractivity contribution in [3.63, 3.8) is 0 Å². The summed E-state index contributed by atoms with van der Waals surface area (Å²) < 4.78 is 10.4. The van der Waals surface area contributed by atoms with Gasteiger partial charge in [-0.25, -0.2) is 0 Å². The van der Waals surface area contributed by atoms with E-state index in [-0.39, 0.29) is 11.0 Å². The third-order valence-corrected chi connectivity index (χ3v) is 6.11. The normalized spacial score (nSPS) is 13.4. The van der Waals surface area contributed by atoms with Gasteiger partial charge in [-0.15, -0.1) is 0 Å². The van der Waals surface area contributed by atoms with Crippen molar-refractivity contribution in [2.24, 2.45) is 5.92 Å². The molecule has 0 saturated carbocycles. The molecule has 188 valence electrons. The van der Waals surface area contributed by atoms with Crippen LogP contribution in [0.25, 0.3) is 0 Å². The Labute approximate surface area is 216 Å². The number of halogens is 1. The zero-order valence-electron chi connectivity index (χ0n) is 20.4. The van der Waals surface area contributed by atoms with Crippen molar-refractivity contribution in [3.05, 3.63) is 47.0 Å². The number of nitrogens with zero attached hydrogens (tertiary/aromatic N) is 2. The lowest BCUT2D eigenvalue weighted by atomic mass is 10.1. The number of hydrogen-bond acceptors (Lipinski definition) is 6. The first kappa shape index (κ1) is 26.6. The van der Waals surface area contributed by atoms with Crippen LogP contribution >= 0.6 is 23.8 Å². The minimum Gasteiger partial charge on any atom is -0.497 e. The Hall–Kier alpha value is -3.04. The number of benzene rings is 2. The summed E-state index contributed by atoms with van der Waals surface area (Å²) in [6.45, 7) is 6.89. The van der Waals surface area contributed by atoms with E-state index in [1.807, 2.05) is 17.0 Å². The molecule has 2 N–H and O–H groups in total. The van der Waals surface area contributed by atoms with Gasteiger partial charge in [-0.3, -0.25) is 14.9 Å². The Morgan fingerprint density at radius 2 is 1.66 bits per heavy atom. The Balaban J connectivity index is 1.58. The summed E-state index contributed by atoms with van der Waals surface area (Å²) in [5, 5.41) is 6.34.